The second-order valence-electron chi connectivity index (χ2n) is 5.53. The minimum Gasteiger partial charge on any atom is -0.300 e. The summed E-state index contributed by atoms with van der Waals surface area (Å²) in [5.41, 5.74) is 2.32. The van der Waals surface area contributed by atoms with Crippen molar-refractivity contribution in [3.63, 3.8) is 0 Å². The lowest BCUT2D eigenvalue weighted by atomic mass is 10.3. The van der Waals surface area contributed by atoms with Crippen molar-refractivity contribution in [3.8, 4) is 0 Å². The van der Waals surface area contributed by atoms with Gasteiger partial charge >= 0.3 is 0 Å². The van der Waals surface area contributed by atoms with Crippen LogP contribution in [0.25, 0.3) is 0 Å². The summed E-state index contributed by atoms with van der Waals surface area (Å²) in [6.07, 6.45) is 1.27. The van der Waals surface area contributed by atoms with E-state index in [2.05, 4.69) is 53.8 Å². The first-order chi connectivity index (χ1) is 8.65. The van der Waals surface area contributed by atoms with Gasteiger partial charge in [0.15, 0.2) is 0 Å². The number of aryl methyl sites for hydroxylation is 1. The lowest BCUT2D eigenvalue weighted by molar-refractivity contribution is 0.217. The van der Waals surface area contributed by atoms with Crippen molar-refractivity contribution < 1.29 is 0 Å². The van der Waals surface area contributed by atoms with Crippen molar-refractivity contribution in [2.75, 3.05) is 26.2 Å². The zero-order valence-electron chi connectivity index (χ0n) is 11.9. The summed E-state index contributed by atoms with van der Waals surface area (Å²) in [5.74, 6) is 0. The molecule has 100 valence electrons. The average Bonchev–Trinajstić information content (AvgIpc) is 2.55. The standard InChI is InChI=1S/C15H25N3/c1-13(2)18-9-5-8-17(10-11-18)12-15-7-4-6-14(3)16-15/h4,6-7,13H,5,8-12H2,1-3H3. The van der Waals surface area contributed by atoms with E-state index < -0.39 is 0 Å². The number of pyridine rings is 1. The molecule has 0 unspecified atom stereocenters. The van der Waals surface area contributed by atoms with Gasteiger partial charge in [0, 0.05) is 31.4 Å². The summed E-state index contributed by atoms with van der Waals surface area (Å²) in [6.45, 7) is 12.4. The Labute approximate surface area is 111 Å². The van der Waals surface area contributed by atoms with Crippen LogP contribution in [0.15, 0.2) is 18.2 Å². The summed E-state index contributed by atoms with van der Waals surface area (Å²) in [5, 5.41) is 0. The molecule has 1 aliphatic heterocycles. The normalized spacial score (nSPS) is 19.1. The van der Waals surface area contributed by atoms with Gasteiger partial charge in [-0.3, -0.25) is 14.8 Å². The van der Waals surface area contributed by atoms with Crippen LogP contribution in [0, 0.1) is 6.92 Å². The number of rotatable bonds is 3. The Morgan fingerprint density at radius 3 is 2.72 bits per heavy atom. The van der Waals surface area contributed by atoms with E-state index in [1.165, 1.54) is 31.7 Å². The fraction of sp³-hybridized carbons (Fsp3) is 0.667. The molecule has 1 aliphatic rings. The van der Waals surface area contributed by atoms with Crippen molar-refractivity contribution in [3.05, 3.63) is 29.6 Å². The quantitative estimate of drug-likeness (QED) is 0.817. The molecule has 0 bridgehead atoms. The number of hydrogen-bond acceptors (Lipinski definition) is 3. The maximum absolute atomic E-state index is 4.60. The number of hydrogen-bond donors (Lipinski definition) is 0. The molecule has 0 amide bonds. The molecular formula is C15H25N3. The van der Waals surface area contributed by atoms with Gasteiger partial charge in [0.1, 0.15) is 0 Å². The zero-order chi connectivity index (χ0) is 13.0. The van der Waals surface area contributed by atoms with Crippen molar-refractivity contribution >= 4 is 0 Å². The maximum atomic E-state index is 4.60. The molecule has 3 heteroatoms. The van der Waals surface area contributed by atoms with Crippen molar-refractivity contribution in [1.82, 2.24) is 14.8 Å². The lowest BCUT2D eigenvalue weighted by Gasteiger charge is -2.24. The topological polar surface area (TPSA) is 19.4 Å². The van der Waals surface area contributed by atoms with Gasteiger partial charge in [0.2, 0.25) is 0 Å². The molecule has 2 rings (SSSR count). The molecule has 0 atom stereocenters. The fourth-order valence-corrected chi connectivity index (χ4v) is 2.58. The Balaban J connectivity index is 1.91. The first-order valence-corrected chi connectivity index (χ1v) is 7.04. The molecule has 0 aliphatic carbocycles. The molecule has 1 aromatic heterocycles. The van der Waals surface area contributed by atoms with Gasteiger partial charge in [-0.2, -0.15) is 0 Å². The van der Waals surface area contributed by atoms with Crippen LogP contribution >= 0.6 is 0 Å². The fourth-order valence-electron chi connectivity index (χ4n) is 2.58. The Morgan fingerprint density at radius 1 is 1.17 bits per heavy atom. The van der Waals surface area contributed by atoms with Crippen LogP contribution in [0.3, 0.4) is 0 Å². The first kappa shape index (κ1) is 13.5. The van der Waals surface area contributed by atoms with Gasteiger partial charge in [0.05, 0.1) is 5.69 Å². The molecule has 0 saturated carbocycles. The van der Waals surface area contributed by atoms with Crippen LogP contribution in [-0.2, 0) is 6.54 Å². The summed E-state index contributed by atoms with van der Waals surface area (Å²) >= 11 is 0. The van der Waals surface area contributed by atoms with Crippen LogP contribution in [-0.4, -0.2) is 47.0 Å². The van der Waals surface area contributed by atoms with Crippen molar-refractivity contribution in [1.29, 1.82) is 0 Å². The molecule has 3 nitrogen and oxygen atoms in total. The summed E-state index contributed by atoms with van der Waals surface area (Å²) in [7, 11) is 0. The average molecular weight is 247 g/mol. The predicted molar refractivity (Wildman–Crippen MR) is 75.6 cm³/mol. The molecule has 1 saturated heterocycles. The van der Waals surface area contributed by atoms with Crippen LogP contribution in [0.1, 0.15) is 31.7 Å². The highest BCUT2D eigenvalue weighted by Crippen LogP contribution is 2.10. The Bertz CT molecular complexity index is 376. The molecule has 18 heavy (non-hydrogen) atoms. The first-order valence-electron chi connectivity index (χ1n) is 7.04. The van der Waals surface area contributed by atoms with Gasteiger partial charge in [0.25, 0.3) is 0 Å². The van der Waals surface area contributed by atoms with Gasteiger partial charge in [-0.25, -0.2) is 0 Å². The maximum Gasteiger partial charge on any atom is 0.0547 e. The van der Waals surface area contributed by atoms with E-state index in [1.807, 2.05) is 0 Å². The molecule has 0 spiro atoms. The second-order valence-corrected chi connectivity index (χ2v) is 5.53. The van der Waals surface area contributed by atoms with E-state index in [0.717, 1.165) is 18.8 Å². The van der Waals surface area contributed by atoms with Crippen molar-refractivity contribution in [2.45, 2.75) is 39.8 Å². The zero-order valence-corrected chi connectivity index (χ0v) is 11.9. The van der Waals surface area contributed by atoms with E-state index >= 15 is 0 Å². The van der Waals surface area contributed by atoms with E-state index in [0.29, 0.717) is 6.04 Å². The van der Waals surface area contributed by atoms with Crippen LogP contribution < -0.4 is 0 Å². The molecule has 0 radical (unpaired) electrons. The Morgan fingerprint density at radius 2 is 2.00 bits per heavy atom. The van der Waals surface area contributed by atoms with E-state index in [4.69, 9.17) is 0 Å². The van der Waals surface area contributed by atoms with Crippen LogP contribution in [0.2, 0.25) is 0 Å². The molecule has 1 fully saturated rings. The van der Waals surface area contributed by atoms with E-state index in [1.54, 1.807) is 0 Å². The van der Waals surface area contributed by atoms with Crippen LogP contribution in [0.5, 0.6) is 0 Å². The Kier molecular flexibility index (Phi) is 4.72. The third kappa shape index (κ3) is 3.79. The smallest absolute Gasteiger partial charge is 0.0547 e. The van der Waals surface area contributed by atoms with Crippen molar-refractivity contribution in [2.24, 2.45) is 0 Å². The largest absolute Gasteiger partial charge is 0.300 e. The number of nitrogens with zero attached hydrogens (tertiary/aromatic N) is 3. The molecule has 0 N–H and O–H groups in total. The molecule has 0 aromatic carbocycles. The number of aromatic nitrogens is 1. The highest BCUT2D eigenvalue weighted by Gasteiger charge is 2.16. The minimum absolute atomic E-state index is 0.669. The minimum atomic E-state index is 0.669. The molecule has 1 aromatic rings. The van der Waals surface area contributed by atoms with Crippen LogP contribution in [0.4, 0.5) is 0 Å². The van der Waals surface area contributed by atoms with E-state index in [9.17, 15) is 0 Å². The van der Waals surface area contributed by atoms with Gasteiger partial charge in [-0.15, -0.1) is 0 Å². The van der Waals surface area contributed by atoms with Gasteiger partial charge < -0.3 is 0 Å². The molecule has 2 heterocycles. The predicted octanol–water partition coefficient (Wildman–Crippen LogP) is 2.31. The third-order valence-electron chi connectivity index (χ3n) is 3.69. The van der Waals surface area contributed by atoms with Gasteiger partial charge in [-0.05, 0) is 52.4 Å². The van der Waals surface area contributed by atoms with Gasteiger partial charge in [-0.1, -0.05) is 6.07 Å². The SMILES string of the molecule is Cc1cccc(CN2CCCN(C(C)C)CC2)n1. The summed E-state index contributed by atoms with van der Waals surface area (Å²) < 4.78 is 0. The monoisotopic (exact) mass is 247 g/mol. The lowest BCUT2D eigenvalue weighted by Crippen LogP contribution is -2.35. The highest BCUT2D eigenvalue weighted by atomic mass is 15.2. The highest BCUT2D eigenvalue weighted by molar-refractivity contribution is 5.09. The molecular weight excluding hydrogens is 222 g/mol. The Hall–Kier alpha value is -0.930. The third-order valence-corrected chi connectivity index (χ3v) is 3.69. The summed E-state index contributed by atoms with van der Waals surface area (Å²) in [4.78, 5) is 9.70. The van der Waals surface area contributed by atoms with E-state index in [-0.39, 0.29) is 0 Å². The summed E-state index contributed by atoms with van der Waals surface area (Å²) in [6, 6.07) is 6.97. The second kappa shape index (κ2) is 6.30.